The number of hydrogen-bond donors (Lipinski definition) is 2. The molecule has 0 saturated carbocycles. The van der Waals surface area contributed by atoms with Gasteiger partial charge in [-0.15, -0.1) is 0 Å². The smallest absolute Gasteiger partial charge is 0.261 e. The fourth-order valence-corrected chi connectivity index (χ4v) is 17.0. The van der Waals surface area contributed by atoms with Crippen molar-refractivity contribution in [1.82, 2.24) is 0 Å². The Morgan fingerprint density at radius 1 is 0.531 bits per heavy atom. The van der Waals surface area contributed by atoms with Crippen LogP contribution in [-0.2, 0) is 18.3 Å². The highest BCUT2D eigenvalue weighted by atomic mass is 28.4. The number of hydrogen-bond acceptors (Lipinski definition) is 6. The zero-order valence-corrected chi connectivity index (χ0v) is 32.3. The minimum absolute atomic E-state index is 0.303. The largest absolute Gasteiger partial charge is 0.399 e. The fraction of sp³-hybridized carbons (Fsp3) is 0.415. The van der Waals surface area contributed by atoms with Crippen molar-refractivity contribution in [2.75, 3.05) is 13.2 Å². The molecule has 0 aliphatic carbocycles. The van der Waals surface area contributed by atoms with Crippen molar-refractivity contribution in [1.29, 1.82) is 0 Å². The molecule has 0 spiro atoms. The molecule has 0 amide bonds. The van der Waals surface area contributed by atoms with Crippen LogP contribution in [0.15, 0.2) is 121 Å². The predicted octanol–water partition coefficient (Wildman–Crippen LogP) is 5.38. The van der Waals surface area contributed by atoms with E-state index in [9.17, 15) is 10.2 Å². The van der Waals surface area contributed by atoms with Crippen LogP contribution in [0.3, 0.4) is 0 Å². The molecule has 1 unspecified atom stereocenters. The number of ether oxygens (including phenoxy) is 2. The Morgan fingerprint density at radius 2 is 0.776 bits per heavy atom. The van der Waals surface area contributed by atoms with Crippen LogP contribution in [0.5, 0.6) is 0 Å². The molecule has 4 aromatic rings. The second kappa shape index (κ2) is 14.7. The van der Waals surface area contributed by atoms with E-state index in [1.165, 1.54) is 0 Å². The Morgan fingerprint density at radius 3 is 0.980 bits per heavy atom. The first-order valence-electron chi connectivity index (χ1n) is 17.4. The molecule has 0 bridgehead atoms. The van der Waals surface area contributed by atoms with Crippen LogP contribution in [0.25, 0.3) is 0 Å². The summed E-state index contributed by atoms with van der Waals surface area (Å²) in [6.07, 6.45) is -3.04. The molecule has 8 heteroatoms. The average Bonchev–Trinajstić information content (AvgIpc) is 3.41. The molecule has 0 aromatic heterocycles. The van der Waals surface area contributed by atoms with Crippen LogP contribution < -0.4 is 20.7 Å². The van der Waals surface area contributed by atoms with Gasteiger partial charge in [0.25, 0.3) is 16.6 Å². The lowest BCUT2D eigenvalue weighted by Gasteiger charge is -2.47. The maximum atomic E-state index is 11.2. The van der Waals surface area contributed by atoms with E-state index in [0.29, 0.717) is 0 Å². The SMILES string of the molecule is CC1(C)O[C@H]([C@@H](CO)O[Si](c2ccccc2)(c2ccccc2)C(C)(C)C)[C@@H](C(CO)O[Si](c2ccccc2)(c2ccccc2)C(C)(C)C)O1. The number of aliphatic hydroxyl groups is 2. The zero-order valence-electron chi connectivity index (χ0n) is 30.3. The van der Waals surface area contributed by atoms with Gasteiger partial charge in [-0.2, -0.15) is 0 Å². The Hall–Kier alpha value is -2.93. The highest BCUT2D eigenvalue weighted by Crippen LogP contribution is 2.43. The van der Waals surface area contributed by atoms with E-state index in [1.54, 1.807) is 0 Å². The lowest BCUT2D eigenvalue weighted by Crippen LogP contribution is -2.70. The van der Waals surface area contributed by atoms with Gasteiger partial charge in [0.1, 0.15) is 12.2 Å². The fourth-order valence-electron chi connectivity index (χ4n) is 7.65. The summed E-state index contributed by atoms with van der Waals surface area (Å²) in [6.45, 7) is 16.4. The summed E-state index contributed by atoms with van der Waals surface area (Å²) >= 11 is 0. The topological polar surface area (TPSA) is 77.4 Å². The van der Waals surface area contributed by atoms with Crippen LogP contribution in [0.2, 0.25) is 10.1 Å². The second-order valence-corrected chi connectivity index (χ2v) is 24.1. The van der Waals surface area contributed by atoms with Gasteiger partial charge in [-0.05, 0) is 44.7 Å². The van der Waals surface area contributed by atoms with Crippen molar-refractivity contribution in [2.45, 2.75) is 95.7 Å². The third-order valence-corrected chi connectivity index (χ3v) is 19.9. The molecule has 2 N–H and O–H groups in total. The van der Waals surface area contributed by atoms with Crippen LogP contribution in [0.1, 0.15) is 55.4 Å². The standard InChI is InChI=1S/C41H54O6Si2/c1-39(2,3)48(31-21-13-9-14-22-31,32-23-15-10-16-24-32)46-35(29-42)37-38(45-41(7,8)44-37)36(30-43)47-49(40(4,5)6,33-25-17-11-18-26-33)34-27-19-12-20-28-34/h9-28,35-38,42-43H,29-30H2,1-8H3/t35-,36?,37-,38-/m1/s1. The summed E-state index contributed by atoms with van der Waals surface area (Å²) in [5.41, 5.74) is 0. The molecule has 5 rings (SSSR count). The monoisotopic (exact) mass is 698 g/mol. The summed E-state index contributed by atoms with van der Waals surface area (Å²) < 4.78 is 28.3. The highest BCUT2D eigenvalue weighted by molar-refractivity contribution is 7.00. The third kappa shape index (κ3) is 7.29. The van der Waals surface area contributed by atoms with Crippen molar-refractivity contribution in [2.24, 2.45) is 0 Å². The first-order chi connectivity index (χ1) is 23.2. The van der Waals surface area contributed by atoms with Gasteiger partial charge in [-0.1, -0.05) is 163 Å². The van der Waals surface area contributed by atoms with Crippen LogP contribution in [0, 0.1) is 0 Å². The summed E-state index contributed by atoms with van der Waals surface area (Å²) in [7, 11) is -6.19. The predicted molar refractivity (Wildman–Crippen MR) is 203 cm³/mol. The van der Waals surface area contributed by atoms with Gasteiger partial charge in [-0.3, -0.25) is 0 Å². The minimum atomic E-state index is -3.09. The molecule has 1 heterocycles. The number of rotatable bonds is 12. The second-order valence-electron chi connectivity index (χ2n) is 15.6. The molecule has 1 fully saturated rings. The first kappa shape index (κ1) is 37.3. The normalized spacial score (nSPS) is 19.8. The van der Waals surface area contributed by atoms with E-state index in [-0.39, 0.29) is 23.3 Å². The molecule has 0 radical (unpaired) electrons. The van der Waals surface area contributed by atoms with Gasteiger partial charge < -0.3 is 28.5 Å². The maximum absolute atomic E-state index is 11.2. The van der Waals surface area contributed by atoms with Gasteiger partial charge in [0.05, 0.1) is 25.4 Å². The Bertz CT molecular complexity index is 1400. The summed E-state index contributed by atoms with van der Waals surface area (Å²) in [5.74, 6) is -1.01. The average molecular weight is 699 g/mol. The van der Waals surface area contributed by atoms with Crippen LogP contribution in [0.4, 0.5) is 0 Å². The third-order valence-electron chi connectivity index (χ3n) is 9.75. The van der Waals surface area contributed by atoms with Gasteiger partial charge in [0.15, 0.2) is 5.79 Å². The van der Waals surface area contributed by atoms with E-state index in [4.69, 9.17) is 18.3 Å². The van der Waals surface area contributed by atoms with Gasteiger partial charge in [0, 0.05) is 0 Å². The Labute approximate surface area is 295 Å². The van der Waals surface area contributed by atoms with Gasteiger partial charge >= 0.3 is 0 Å². The first-order valence-corrected chi connectivity index (χ1v) is 21.2. The Kier molecular flexibility index (Phi) is 11.2. The molecule has 4 aromatic carbocycles. The summed E-state index contributed by atoms with van der Waals surface area (Å²) in [6, 6.07) is 41.5. The van der Waals surface area contributed by atoms with Crippen LogP contribution in [-0.4, -0.2) is 70.3 Å². The molecular weight excluding hydrogens is 645 g/mol. The van der Waals surface area contributed by atoms with E-state index in [0.717, 1.165) is 20.7 Å². The van der Waals surface area contributed by atoms with Crippen LogP contribution >= 0.6 is 0 Å². The van der Waals surface area contributed by atoms with Crippen molar-refractivity contribution < 1.29 is 28.5 Å². The van der Waals surface area contributed by atoms with Crippen molar-refractivity contribution in [3.63, 3.8) is 0 Å². The maximum Gasteiger partial charge on any atom is 0.261 e. The zero-order chi connectivity index (χ0) is 35.5. The van der Waals surface area contributed by atoms with Crippen molar-refractivity contribution in [3.05, 3.63) is 121 Å². The lowest BCUT2D eigenvalue weighted by atomic mass is 10.0. The van der Waals surface area contributed by atoms with Gasteiger partial charge in [0.2, 0.25) is 0 Å². The summed E-state index contributed by atoms with van der Waals surface area (Å²) in [5, 5.41) is 26.2. The van der Waals surface area contributed by atoms with Crippen molar-refractivity contribution in [3.8, 4) is 0 Å². The van der Waals surface area contributed by atoms with Crippen molar-refractivity contribution >= 4 is 37.4 Å². The number of benzene rings is 4. The Balaban J connectivity index is 1.63. The molecular formula is C41H54O6Si2. The van der Waals surface area contributed by atoms with Gasteiger partial charge in [-0.25, -0.2) is 0 Å². The highest BCUT2D eigenvalue weighted by Gasteiger charge is 2.58. The molecule has 1 aliphatic heterocycles. The lowest BCUT2D eigenvalue weighted by molar-refractivity contribution is -0.161. The van der Waals surface area contributed by atoms with E-state index in [2.05, 4.69) is 90.1 Å². The molecule has 262 valence electrons. The molecule has 6 nitrogen and oxygen atoms in total. The van der Waals surface area contributed by atoms with E-state index < -0.39 is 46.8 Å². The molecule has 4 atom stereocenters. The molecule has 1 aliphatic rings. The minimum Gasteiger partial charge on any atom is -0.399 e. The van der Waals surface area contributed by atoms with E-state index >= 15 is 0 Å². The quantitative estimate of drug-likeness (QED) is 0.194. The molecule has 1 saturated heterocycles. The number of aliphatic hydroxyl groups excluding tert-OH is 2. The summed E-state index contributed by atoms with van der Waals surface area (Å²) in [4.78, 5) is 0. The van der Waals surface area contributed by atoms with E-state index in [1.807, 2.05) is 86.6 Å². The molecule has 49 heavy (non-hydrogen) atoms.